The molecule has 0 fully saturated rings. The van der Waals surface area contributed by atoms with E-state index in [2.05, 4.69) is 4.98 Å². The highest BCUT2D eigenvalue weighted by molar-refractivity contribution is 6.34. The molecule has 3 rings (SSSR count). The Balaban J connectivity index is 2.11. The molecule has 0 amide bonds. The van der Waals surface area contributed by atoms with Crippen LogP contribution in [0.3, 0.4) is 0 Å². The monoisotopic (exact) mass is 322 g/mol. The number of carboxylic acid groups (broad SMARTS) is 1. The molecule has 0 bridgehead atoms. The molecule has 1 N–H and O–H groups in total. The molecule has 3 aromatic rings. The number of carbonyl (C=O) groups is 1. The van der Waals surface area contributed by atoms with Crippen LogP contribution < -0.4 is 4.74 Å². The maximum atomic E-state index is 11.4. The SMILES string of the molecule is O=C(O)c1c(Oc2cc(Cl)cc(Cl)c2)nc2ccccn12. The first kappa shape index (κ1) is 13.7. The average Bonchev–Trinajstić information content (AvgIpc) is 2.75. The third kappa shape index (κ3) is 2.66. The molecule has 0 atom stereocenters. The fourth-order valence-corrected chi connectivity index (χ4v) is 2.45. The lowest BCUT2D eigenvalue weighted by atomic mass is 10.3. The van der Waals surface area contributed by atoms with E-state index >= 15 is 0 Å². The van der Waals surface area contributed by atoms with E-state index in [1.165, 1.54) is 16.5 Å². The minimum absolute atomic E-state index is 0.0213. The number of hydrogen-bond acceptors (Lipinski definition) is 3. The summed E-state index contributed by atoms with van der Waals surface area (Å²) in [6.45, 7) is 0. The molecule has 106 valence electrons. The Morgan fingerprint density at radius 1 is 1.19 bits per heavy atom. The van der Waals surface area contributed by atoms with Gasteiger partial charge in [-0.15, -0.1) is 0 Å². The van der Waals surface area contributed by atoms with Crippen molar-refractivity contribution in [2.45, 2.75) is 0 Å². The Labute approximate surface area is 129 Å². The van der Waals surface area contributed by atoms with Gasteiger partial charge >= 0.3 is 5.97 Å². The van der Waals surface area contributed by atoms with Gasteiger partial charge in [0.2, 0.25) is 0 Å². The predicted octanol–water partition coefficient (Wildman–Crippen LogP) is 4.13. The Kier molecular flexibility index (Phi) is 3.45. The number of carboxylic acids is 1. The highest BCUT2D eigenvalue weighted by Gasteiger charge is 2.20. The summed E-state index contributed by atoms with van der Waals surface area (Å²) in [5.41, 5.74) is 0.403. The lowest BCUT2D eigenvalue weighted by Crippen LogP contribution is -2.03. The molecule has 21 heavy (non-hydrogen) atoms. The molecule has 0 saturated heterocycles. The highest BCUT2D eigenvalue weighted by Crippen LogP contribution is 2.30. The maximum absolute atomic E-state index is 11.4. The largest absolute Gasteiger partial charge is 0.476 e. The van der Waals surface area contributed by atoms with Gasteiger partial charge in [0.15, 0.2) is 5.69 Å². The van der Waals surface area contributed by atoms with Gasteiger partial charge in [0.1, 0.15) is 11.4 Å². The minimum atomic E-state index is -1.14. The average molecular weight is 323 g/mol. The zero-order chi connectivity index (χ0) is 15.0. The van der Waals surface area contributed by atoms with Crippen LogP contribution in [0.5, 0.6) is 11.6 Å². The lowest BCUT2D eigenvalue weighted by Gasteiger charge is -2.05. The molecule has 0 aliphatic carbocycles. The van der Waals surface area contributed by atoms with Gasteiger partial charge in [-0.25, -0.2) is 4.79 Å². The first-order valence-corrected chi connectivity index (χ1v) is 6.64. The van der Waals surface area contributed by atoms with E-state index in [0.717, 1.165) is 0 Å². The molecule has 5 nitrogen and oxygen atoms in total. The third-order valence-corrected chi connectivity index (χ3v) is 3.19. The van der Waals surface area contributed by atoms with Gasteiger partial charge in [0.25, 0.3) is 5.88 Å². The van der Waals surface area contributed by atoms with Crippen LogP contribution in [0.1, 0.15) is 10.5 Å². The van der Waals surface area contributed by atoms with E-state index in [9.17, 15) is 9.90 Å². The van der Waals surface area contributed by atoms with Crippen molar-refractivity contribution in [1.29, 1.82) is 0 Å². The topological polar surface area (TPSA) is 63.8 Å². The molecule has 0 saturated carbocycles. The van der Waals surface area contributed by atoms with E-state index in [4.69, 9.17) is 27.9 Å². The Hall–Kier alpha value is -2.24. The Bertz CT molecular complexity index is 825. The van der Waals surface area contributed by atoms with Crippen molar-refractivity contribution in [2.75, 3.05) is 0 Å². The Morgan fingerprint density at radius 3 is 2.57 bits per heavy atom. The summed E-state index contributed by atoms with van der Waals surface area (Å²) in [5, 5.41) is 10.1. The van der Waals surface area contributed by atoms with Gasteiger partial charge in [0.05, 0.1) is 0 Å². The zero-order valence-electron chi connectivity index (χ0n) is 10.5. The molecule has 1 aromatic carbocycles. The van der Waals surface area contributed by atoms with Crippen molar-refractivity contribution < 1.29 is 14.6 Å². The van der Waals surface area contributed by atoms with E-state index in [1.54, 1.807) is 30.5 Å². The van der Waals surface area contributed by atoms with Crippen LogP contribution in [-0.4, -0.2) is 20.5 Å². The molecule has 0 unspecified atom stereocenters. The standard InChI is InChI=1S/C14H8Cl2N2O3/c15-8-5-9(16)7-10(6-8)21-13-12(14(19)20)18-4-2-1-3-11(18)17-13/h1-7H,(H,19,20). The molecule has 7 heteroatoms. The first-order chi connectivity index (χ1) is 10.0. The van der Waals surface area contributed by atoms with E-state index in [1.807, 2.05) is 0 Å². The van der Waals surface area contributed by atoms with Crippen molar-refractivity contribution in [3.8, 4) is 11.6 Å². The fourth-order valence-electron chi connectivity index (χ4n) is 1.94. The van der Waals surface area contributed by atoms with Crippen LogP contribution in [0.25, 0.3) is 5.65 Å². The van der Waals surface area contributed by atoms with Crippen LogP contribution in [-0.2, 0) is 0 Å². The summed E-state index contributed by atoms with van der Waals surface area (Å²) < 4.78 is 6.97. The number of halogens is 2. The second-order valence-electron chi connectivity index (χ2n) is 4.21. The van der Waals surface area contributed by atoms with Crippen LogP contribution >= 0.6 is 23.2 Å². The van der Waals surface area contributed by atoms with Crippen molar-refractivity contribution in [3.63, 3.8) is 0 Å². The number of benzene rings is 1. The van der Waals surface area contributed by atoms with Gasteiger partial charge in [-0.3, -0.25) is 4.40 Å². The number of fused-ring (bicyclic) bond motifs is 1. The second-order valence-corrected chi connectivity index (χ2v) is 5.08. The van der Waals surface area contributed by atoms with Gasteiger partial charge in [-0.05, 0) is 30.3 Å². The quantitative estimate of drug-likeness (QED) is 0.787. The summed E-state index contributed by atoms with van der Waals surface area (Å²) in [7, 11) is 0. The summed E-state index contributed by atoms with van der Waals surface area (Å²) in [6, 6.07) is 9.77. The molecule has 0 aliphatic heterocycles. The number of rotatable bonds is 3. The molecule has 2 aromatic heterocycles. The number of aromatic carboxylic acids is 1. The van der Waals surface area contributed by atoms with Crippen LogP contribution in [0.4, 0.5) is 0 Å². The summed E-state index contributed by atoms with van der Waals surface area (Å²) in [5.74, 6) is -0.845. The zero-order valence-corrected chi connectivity index (χ0v) is 12.0. The minimum Gasteiger partial charge on any atom is -0.476 e. The van der Waals surface area contributed by atoms with E-state index in [0.29, 0.717) is 21.4 Å². The fraction of sp³-hybridized carbons (Fsp3) is 0. The first-order valence-electron chi connectivity index (χ1n) is 5.89. The van der Waals surface area contributed by atoms with Crippen molar-refractivity contribution in [1.82, 2.24) is 9.38 Å². The van der Waals surface area contributed by atoms with Gasteiger partial charge in [-0.1, -0.05) is 29.3 Å². The number of nitrogens with zero attached hydrogens (tertiary/aromatic N) is 2. The van der Waals surface area contributed by atoms with E-state index < -0.39 is 5.97 Å². The molecule has 0 aliphatic rings. The number of hydrogen-bond donors (Lipinski definition) is 1. The second kappa shape index (κ2) is 5.27. The number of aromatic nitrogens is 2. The smallest absolute Gasteiger partial charge is 0.358 e. The predicted molar refractivity (Wildman–Crippen MR) is 78.7 cm³/mol. The Morgan fingerprint density at radius 2 is 1.90 bits per heavy atom. The van der Waals surface area contributed by atoms with Crippen molar-refractivity contribution in [3.05, 3.63) is 58.3 Å². The maximum Gasteiger partial charge on any atom is 0.358 e. The summed E-state index contributed by atoms with van der Waals surface area (Å²) in [6.07, 6.45) is 1.60. The van der Waals surface area contributed by atoms with E-state index in [-0.39, 0.29) is 11.6 Å². The number of ether oxygens (including phenoxy) is 1. The van der Waals surface area contributed by atoms with Gasteiger partial charge in [-0.2, -0.15) is 4.98 Å². The van der Waals surface area contributed by atoms with Crippen LogP contribution in [0, 0.1) is 0 Å². The summed E-state index contributed by atoms with van der Waals surface area (Å²) in [4.78, 5) is 15.6. The van der Waals surface area contributed by atoms with Crippen molar-refractivity contribution >= 4 is 34.8 Å². The van der Waals surface area contributed by atoms with Crippen LogP contribution in [0.2, 0.25) is 10.0 Å². The number of imidazole rings is 1. The molecular weight excluding hydrogens is 315 g/mol. The third-order valence-electron chi connectivity index (χ3n) is 2.75. The van der Waals surface area contributed by atoms with Crippen molar-refractivity contribution in [2.24, 2.45) is 0 Å². The van der Waals surface area contributed by atoms with Crippen LogP contribution in [0.15, 0.2) is 42.6 Å². The molecule has 0 radical (unpaired) electrons. The normalized spacial score (nSPS) is 10.8. The summed E-state index contributed by atoms with van der Waals surface area (Å²) >= 11 is 11.8. The molecule has 0 spiro atoms. The lowest BCUT2D eigenvalue weighted by molar-refractivity contribution is 0.0686. The molecular formula is C14H8Cl2N2O3. The molecule has 2 heterocycles. The van der Waals surface area contributed by atoms with Gasteiger partial charge in [0, 0.05) is 16.2 Å². The highest BCUT2D eigenvalue weighted by atomic mass is 35.5. The number of pyridine rings is 1. The van der Waals surface area contributed by atoms with Gasteiger partial charge < -0.3 is 9.84 Å².